The number of ether oxygens (including phenoxy) is 1. The van der Waals surface area contributed by atoms with Gasteiger partial charge in [-0.05, 0) is 12.1 Å². The van der Waals surface area contributed by atoms with Gasteiger partial charge in [-0.15, -0.1) is 11.3 Å². The first-order chi connectivity index (χ1) is 10.3. The van der Waals surface area contributed by atoms with E-state index >= 15 is 0 Å². The highest BCUT2D eigenvalue weighted by atomic mass is 32.1. The second kappa shape index (κ2) is 4.46. The molecule has 21 heavy (non-hydrogen) atoms. The summed E-state index contributed by atoms with van der Waals surface area (Å²) in [6.45, 7) is 0. The van der Waals surface area contributed by atoms with Gasteiger partial charge >= 0.3 is 5.63 Å². The van der Waals surface area contributed by atoms with Crippen LogP contribution in [0, 0.1) is 0 Å². The van der Waals surface area contributed by atoms with Gasteiger partial charge in [-0.25, -0.2) is 9.78 Å². The molecule has 104 valence electrons. The number of aromatic nitrogens is 2. The molecule has 0 fully saturated rings. The van der Waals surface area contributed by atoms with Crippen molar-refractivity contribution < 1.29 is 9.15 Å². The zero-order valence-electron chi connectivity index (χ0n) is 11.1. The standard InChI is InChI=1S/C15H10N2O3S/c1-19-12-4-2-3-9-7-10(14(18)20-13(9)12)11-8-17-5-6-21-15(17)16-11/h2-8H,1H3. The Morgan fingerprint density at radius 1 is 1.38 bits per heavy atom. The maximum absolute atomic E-state index is 12.2. The van der Waals surface area contributed by atoms with Gasteiger partial charge in [0, 0.05) is 23.2 Å². The molecule has 4 rings (SSSR count). The average molecular weight is 298 g/mol. The van der Waals surface area contributed by atoms with E-state index in [0.717, 1.165) is 10.3 Å². The molecule has 0 saturated carbocycles. The normalized spacial score (nSPS) is 11.3. The predicted molar refractivity (Wildman–Crippen MR) is 81.1 cm³/mol. The van der Waals surface area contributed by atoms with Crippen LogP contribution >= 0.6 is 11.3 Å². The van der Waals surface area contributed by atoms with Gasteiger partial charge in [0.1, 0.15) is 0 Å². The van der Waals surface area contributed by atoms with E-state index in [9.17, 15) is 4.79 Å². The van der Waals surface area contributed by atoms with E-state index in [4.69, 9.17) is 9.15 Å². The van der Waals surface area contributed by atoms with E-state index in [1.807, 2.05) is 34.3 Å². The number of imidazole rings is 1. The first-order valence-corrected chi connectivity index (χ1v) is 7.17. The molecule has 6 heteroatoms. The lowest BCUT2D eigenvalue weighted by atomic mass is 10.1. The summed E-state index contributed by atoms with van der Waals surface area (Å²) in [5.41, 5.74) is 1.10. The number of hydrogen-bond acceptors (Lipinski definition) is 5. The highest BCUT2D eigenvalue weighted by molar-refractivity contribution is 7.15. The third kappa shape index (κ3) is 1.84. The minimum absolute atomic E-state index is 0.419. The fourth-order valence-electron chi connectivity index (χ4n) is 2.31. The molecule has 0 spiro atoms. The molecule has 0 atom stereocenters. The molecular formula is C15H10N2O3S. The van der Waals surface area contributed by atoms with Crippen molar-refractivity contribution in [3.05, 3.63) is 52.5 Å². The number of nitrogens with zero attached hydrogens (tertiary/aromatic N) is 2. The van der Waals surface area contributed by atoms with E-state index < -0.39 is 5.63 Å². The van der Waals surface area contributed by atoms with Crippen LogP contribution in [0.4, 0.5) is 0 Å². The van der Waals surface area contributed by atoms with Crippen molar-refractivity contribution in [3.8, 4) is 17.0 Å². The second-order valence-electron chi connectivity index (χ2n) is 4.55. The van der Waals surface area contributed by atoms with Crippen molar-refractivity contribution in [3.63, 3.8) is 0 Å². The third-order valence-electron chi connectivity index (χ3n) is 3.31. The summed E-state index contributed by atoms with van der Waals surface area (Å²) in [7, 11) is 1.55. The van der Waals surface area contributed by atoms with Crippen LogP contribution in [0.1, 0.15) is 0 Å². The molecule has 3 aromatic heterocycles. The Kier molecular flexibility index (Phi) is 2.58. The molecule has 0 unspecified atom stereocenters. The number of methoxy groups -OCH3 is 1. The summed E-state index contributed by atoms with van der Waals surface area (Å²) in [4.78, 5) is 17.5. The number of hydrogen-bond donors (Lipinski definition) is 0. The van der Waals surface area contributed by atoms with E-state index in [1.54, 1.807) is 19.2 Å². The van der Waals surface area contributed by atoms with E-state index in [2.05, 4.69) is 4.98 Å². The van der Waals surface area contributed by atoms with Crippen LogP contribution in [0.3, 0.4) is 0 Å². The van der Waals surface area contributed by atoms with E-state index in [0.29, 0.717) is 22.6 Å². The van der Waals surface area contributed by atoms with Crippen LogP contribution in [0.15, 0.2) is 51.3 Å². The molecule has 0 radical (unpaired) electrons. The lowest BCUT2D eigenvalue weighted by molar-refractivity contribution is 0.407. The Hall–Kier alpha value is -2.60. The molecule has 5 nitrogen and oxygen atoms in total. The Bertz CT molecular complexity index is 984. The summed E-state index contributed by atoms with van der Waals surface area (Å²) < 4.78 is 12.5. The maximum atomic E-state index is 12.2. The molecule has 1 aromatic carbocycles. The number of benzene rings is 1. The largest absolute Gasteiger partial charge is 0.493 e. The van der Waals surface area contributed by atoms with Crippen molar-refractivity contribution in [1.29, 1.82) is 0 Å². The number of fused-ring (bicyclic) bond motifs is 2. The molecule has 0 aliphatic heterocycles. The molecule has 4 aromatic rings. The van der Waals surface area contributed by atoms with Gasteiger partial charge < -0.3 is 9.15 Å². The van der Waals surface area contributed by atoms with Gasteiger partial charge in [0.05, 0.1) is 18.4 Å². The second-order valence-corrected chi connectivity index (χ2v) is 5.42. The molecule has 0 saturated heterocycles. The lowest BCUT2D eigenvalue weighted by Gasteiger charge is -2.04. The third-order valence-corrected chi connectivity index (χ3v) is 4.08. The molecule has 0 aliphatic rings. The monoisotopic (exact) mass is 298 g/mol. The van der Waals surface area contributed by atoms with Gasteiger partial charge in [0.25, 0.3) is 0 Å². The number of para-hydroxylation sites is 1. The quantitative estimate of drug-likeness (QED) is 0.533. The Morgan fingerprint density at radius 3 is 3.10 bits per heavy atom. The highest BCUT2D eigenvalue weighted by Crippen LogP contribution is 2.27. The van der Waals surface area contributed by atoms with Crippen molar-refractivity contribution in [2.24, 2.45) is 0 Å². The first-order valence-electron chi connectivity index (χ1n) is 6.30. The van der Waals surface area contributed by atoms with E-state index in [-0.39, 0.29) is 0 Å². The van der Waals surface area contributed by atoms with Gasteiger partial charge in [-0.3, -0.25) is 4.40 Å². The van der Waals surface area contributed by atoms with E-state index in [1.165, 1.54) is 11.3 Å². The SMILES string of the molecule is COc1cccc2cc(-c3cn4ccsc4n3)c(=O)oc12. The zero-order valence-corrected chi connectivity index (χ0v) is 11.9. The fraction of sp³-hybridized carbons (Fsp3) is 0.0667. The summed E-state index contributed by atoms with van der Waals surface area (Å²) in [6.07, 6.45) is 3.73. The molecular weight excluding hydrogens is 288 g/mol. The van der Waals surface area contributed by atoms with Crippen LogP contribution in [-0.4, -0.2) is 16.5 Å². The van der Waals surface area contributed by atoms with Crippen molar-refractivity contribution in [2.45, 2.75) is 0 Å². The minimum Gasteiger partial charge on any atom is -0.493 e. The van der Waals surface area contributed by atoms with Crippen LogP contribution in [0.25, 0.3) is 27.2 Å². The van der Waals surface area contributed by atoms with Crippen molar-refractivity contribution >= 4 is 27.3 Å². The van der Waals surface area contributed by atoms with Crippen LogP contribution in [0.2, 0.25) is 0 Å². The maximum Gasteiger partial charge on any atom is 0.345 e. The zero-order chi connectivity index (χ0) is 14.4. The van der Waals surface area contributed by atoms with Crippen molar-refractivity contribution in [2.75, 3.05) is 7.11 Å². The fourth-order valence-corrected chi connectivity index (χ4v) is 3.01. The Labute approximate surface area is 123 Å². The lowest BCUT2D eigenvalue weighted by Crippen LogP contribution is -2.03. The van der Waals surface area contributed by atoms with Crippen LogP contribution in [-0.2, 0) is 0 Å². The molecule has 0 N–H and O–H groups in total. The topological polar surface area (TPSA) is 56.7 Å². The predicted octanol–water partition coefficient (Wildman–Crippen LogP) is 3.18. The van der Waals surface area contributed by atoms with Crippen molar-refractivity contribution in [1.82, 2.24) is 9.38 Å². The minimum atomic E-state index is -0.419. The van der Waals surface area contributed by atoms with Gasteiger partial charge in [-0.1, -0.05) is 12.1 Å². The number of thiazole rings is 1. The number of rotatable bonds is 2. The van der Waals surface area contributed by atoms with Crippen LogP contribution < -0.4 is 10.4 Å². The molecule has 3 heterocycles. The Morgan fingerprint density at radius 2 is 2.29 bits per heavy atom. The summed E-state index contributed by atoms with van der Waals surface area (Å²) in [5, 5.41) is 2.75. The van der Waals surface area contributed by atoms with Gasteiger partial charge in [0.2, 0.25) is 0 Å². The summed E-state index contributed by atoms with van der Waals surface area (Å²) >= 11 is 1.52. The summed E-state index contributed by atoms with van der Waals surface area (Å²) in [6, 6.07) is 7.28. The highest BCUT2D eigenvalue weighted by Gasteiger charge is 2.13. The van der Waals surface area contributed by atoms with Gasteiger partial charge in [0.15, 0.2) is 16.3 Å². The molecule has 0 bridgehead atoms. The summed E-state index contributed by atoms with van der Waals surface area (Å²) in [5.74, 6) is 0.543. The average Bonchev–Trinajstić information content (AvgIpc) is 3.07. The van der Waals surface area contributed by atoms with Crippen LogP contribution in [0.5, 0.6) is 5.75 Å². The first kappa shape index (κ1) is 12.2. The Balaban J connectivity index is 1.99. The molecule has 0 aliphatic carbocycles. The smallest absolute Gasteiger partial charge is 0.345 e. The molecule has 0 amide bonds. The van der Waals surface area contributed by atoms with Gasteiger partial charge in [-0.2, -0.15) is 0 Å².